The van der Waals surface area contributed by atoms with Crippen LogP contribution in [0, 0.1) is 34.4 Å². The number of nitrogens with zero attached hydrogens (tertiary/aromatic N) is 3. The predicted octanol–water partition coefficient (Wildman–Crippen LogP) is 6.32. The highest BCUT2D eigenvalue weighted by molar-refractivity contribution is 7.18. The molecular formula is C35H36FN3O3S. The van der Waals surface area contributed by atoms with E-state index in [4.69, 9.17) is 0 Å². The maximum Gasteiger partial charge on any atom is 0.171 e. The van der Waals surface area contributed by atoms with E-state index in [1.807, 2.05) is 35.1 Å². The molecule has 0 amide bonds. The number of Topliss-reactive ketones (excluding diaryl/α,β-unsaturated/α-hetero) is 1. The third-order valence-electron chi connectivity index (χ3n) is 11.8. The van der Waals surface area contributed by atoms with E-state index in [2.05, 4.69) is 30.0 Å². The van der Waals surface area contributed by atoms with Crippen molar-refractivity contribution < 1.29 is 19.4 Å². The summed E-state index contributed by atoms with van der Waals surface area (Å²) >= 11 is 1.52. The van der Waals surface area contributed by atoms with Gasteiger partial charge in [0.15, 0.2) is 5.78 Å². The molecule has 2 aromatic heterocycles. The predicted molar refractivity (Wildman–Crippen MR) is 164 cm³/mol. The van der Waals surface area contributed by atoms with Gasteiger partial charge in [0.2, 0.25) is 0 Å². The van der Waals surface area contributed by atoms with Crippen LogP contribution in [0.25, 0.3) is 22.0 Å². The lowest BCUT2D eigenvalue weighted by molar-refractivity contribution is -0.179. The molecule has 2 N–H and O–H groups in total. The Kier molecular flexibility index (Phi) is 5.98. The molecule has 4 aliphatic rings. The summed E-state index contributed by atoms with van der Waals surface area (Å²) in [5.41, 5.74) is 2.79. The first kappa shape index (κ1) is 27.4. The molecule has 0 bridgehead atoms. The Morgan fingerprint density at radius 2 is 1.93 bits per heavy atom. The van der Waals surface area contributed by atoms with Gasteiger partial charge in [0.25, 0.3) is 0 Å². The van der Waals surface area contributed by atoms with Crippen molar-refractivity contribution in [3.63, 3.8) is 0 Å². The number of halogens is 1. The standard InChI is InChI=1S/C35H36FN3O3S/c1-33-17-20-19-37-39(23-10-8-22(36)9-11-23)27(20)15-21(33)7-12-24-25-13-14-35(42,34(25,2)18-28(40)32(24)33)30(41)16-31-38-26-5-3-4-6-29(26)43-31/h3-6,8-11,15,19,24-25,28,32,40,42H,7,12-14,16-18H2,1-2H3/t24?,25?,28?,32?,33?,34?,35-/m0/s1. The van der Waals surface area contributed by atoms with Crippen LogP contribution in [-0.4, -0.2) is 42.5 Å². The van der Waals surface area contributed by atoms with Gasteiger partial charge in [-0.05, 0) is 110 Å². The number of aliphatic hydroxyl groups excluding tert-OH is 1. The van der Waals surface area contributed by atoms with Gasteiger partial charge in [0, 0.05) is 5.41 Å². The van der Waals surface area contributed by atoms with Crippen molar-refractivity contribution in [2.45, 2.75) is 70.5 Å². The van der Waals surface area contributed by atoms with Crippen molar-refractivity contribution in [2.75, 3.05) is 0 Å². The quantitative estimate of drug-likeness (QED) is 0.288. The largest absolute Gasteiger partial charge is 0.393 e. The number of para-hydroxylation sites is 1. The minimum Gasteiger partial charge on any atom is -0.393 e. The normalized spacial score (nSPS) is 34.7. The first-order valence-electron chi connectivity index (χ1n) is 15.4. The molecule has 4 aliphatic carbocycles. The average molecular weight is 598 g/mol. The van der Waals surface area contributed by atoms with Gasteiger partial charge in [-0.3, -0.25) is 4.79 Å². The number of allylic oxidation sites excluding steroid dienone is 1. The Morgan fingerprint density at radius 1 is 1.14 bits per heavy atom. The number of ketones is 1. The summed E-state index contributed by atoms with van der Waals surface area (Å²) in [6.45, 7) is 4.35. The van der Waals surface area contributed by atoms with E-state index in [1.165, 1.54) is 29.0 Å². The minimum absolute atomic E-state index is 0.0367. The zero-order chi connectivity index (χ0) is 29.7. The van der Waals surface area contributed by atoms with Gasteiger partial charge in [0.05, 0.1) is 40.3 Å². The number of aromatic nitrogens is 3. The molecule has 0 aliphatic heterocycles. The van der Waals surface area contributed by atoms with E-state index in [9.17, 15) is 19.4 Å². The van der Waals surface area contributed by atoms with Crippen molar-refractivity contribution in [3.05, 3.63) is 82.4 Å². The molecule has 0 radical (unpaired) electrons. The van der Waals surface area contributed by atoms with Crippen molar-refractivity contribution in [3.8, 4) is 5.69 Å². The lowest BCUT2D eigenvalue weighted by Gasteiger charge is -2.60. The van der Waals surface area contributed by atoms with Gasteiger partial charge in [-0.1, -0.05) is 31.6 Å². The first-order valence-corrected chi connectivity index (χ1v) is 16.2. The SMILES string of the molecule is CC12Cc3cnn(-c4ccc(F)cc4)c3C=C1CCC1C2C(O)CC2(C)C1CC[C@]2(O)C(=O)Cc1nc2ccccc2s1. The molecule has 2 aromatic carbocycles. The molecule has 0 saturated heterocycles. The summed E-state index contributed by atoms with van der Waals surface area (Å²) in [6, 6.07) is 14.3. The van der Waals surface area contributed by atoms with Crippen molar-refractivity contribution in [1.29, 1.82) is 0 Å². The highest BCUT2D eigenvalue weighted by Crippen LogP contribution is 2.67. The molecule has 4 aromatic rings. The molecule has 222 valence electrons. The van der Waals surface area contributed by atoms with E-state index in [1.54, 1.807) is 12.1 Å². The van der Waals surface area contributed by atoms with Crippen LogP contribution in [0.1, 0.15) is 62.2 Å². The average Bonchev–Trinajstić information content (AvgIpc) is 3.65. The Balaban J connectivity index is 1.08. The third kappa shape index (κ3) is 3.85. The number of hydrogen-bond acceptors (Lipinski definition) is 6. The molecule has 43 heavy (non-hydrogen) atoms. The van der Waals surface area contributed by atoms with Gasteiger partial charge >= 0.3 is 0 Å². The van der Waals surface area contributed by atoms with Gasteiger partial charge < -0.3 is 10.2 Å². The van der Waals surface area contributed by atoms with Crippen LogP contribution in [0.5, 0.6) is 0 Å². The lowest BCUT2D eigenvalue weighted by atomic mass is 9.45. The van der Waals surface area contributed by atoms with E-state index >= 15 is 0 Å². The fraction of sp³-hybridized carbons (Fsp3) is 0.457. The molecule has 6 nitrogen and oxygen atoms in total. The Labute approximate surface area is 254 Å². The van der Waals surface area contributed by atoms with Crippen LogP contribution in [0.15, 0.2) is 60.3 Å². The monoisotopic (exact) mass is 597 g/mol. The second kappa shape index (κ2) is 9.40. The molecule has 8 heteroatoms. The molecular weight excluding hydrogens is 561 g/mol. The zero-order valence-corrected chi connectivity index (χ0v) is 25.3. The van der Waals surface area contributed by atoms with Gasteiger partial charge in [-0.2, -0.15) is 5.10 Å². The van der Waals surface area contributed by atoms with Crippen molar-refractivity contribution >= 4 is 33.4 Å². The van der Waals surface area contributed by atoms with Crippen LogP contribution in [-0.2, 0) is 17.6 Å². The van der Waals surface area contributed by atoms with Gasteiger partial charge in [0.1, 0.15) is 16.4 Å². The number of carbonyl (C=O) groups excluding carboxylic acids is 1. The summed E-state index contributed by atoms with van der Waals surface area (Å²) in [5.74, 6) is -0.0275. The number of rotatable bonds is 4. The second-order valence-corrected chi connectivity index (χ2v) is 14.9. The molecule has 7 atom stereocenters. The molecule has 0 spiro atoms. The number of fused-ring (bicyclic) bond motifs is 7. The molecule has 3 fully saturated rings. The van der Waals surface area contributed by atoms with Crippen molar-refractivity contribution in [1.82, 2.24) is 14.8 Å². The van der Waals surface area contributed by atoms with Gasteiger partial charge in [-0.25, -0.2) is 14.1 Å². The second-order valence-electron chi connectivity index (χ2n) is 13.8. The highest BCUT2D eigenvalue weighted by Gasteiger charge is 2.68. The maximum atomic E-state index is 13.9. The Bertz CT molecular complexity index is 1760. The van der Waals surface area contributed by atoms with Crippen LogP contribution in [0.4, 0.5) is 4.39 Å². The number of aliphatic hydroxyl groups is 2. The van der Waals surface area contributed by atoms with Crippen LogP contribution in [0.3, 0.4) is 0 Å². The van der Waals surface area contributed by atoms with E-state index < -0.39 is 17.1 Å². The summed E-state index contributed by atoms with van der Waals surface area (Å²) in [6.07, 6.45) is 7.88. The van der Waals surface area contributed by atoms with Crippen LogP contribution < -0.4 is 0 Å². The number of carbonyl (C=O) groups is 1. The highest BCUT2D eigenvalue weighted by atomic mass is 32.1. The van der Waals surface area contributed by atoms with Crippen LogP contribution in [0.2, 0.25) is 0 Å². The number of benzene rings is 2. The number of thiazole rings is 1. The Hall–Kier alpha value is -3.20. The summed E-state index contributed by atoms with van der Waals surface area (Å²) in [5, 5.41) is 29.6. The topological polar surface area (TPSA) is 88.2 Å². The van der Waals surface area contributed by atoms with E-state index in [0.717, 1.165) is 57.9 Å². The molecule has 6 unspecified atom stereocenters. The fourth-order valence-corrected chi connectivity index (χ4v) is 10.7. The van der Waals surface area contributed by atoms with E-state index in [-0.39, 0.29) is 41.2 Å². The van der Waals surface area contributed by atoms with Gasteiger partial charge in [-0.15, -0.1) is 11.3 Å². The minimum atomic E-state index is -1.48. The maximum absolute atomic E-state index is 13.9. The molecule has 2 heterocycles. The van der Waals surface area contributed by atoms with Crippen LogP contribution >= 0.6 is 11.3 Å². The molecule has 8 rings (SSSR count). The molecule has 3 saturated carbocycles. The number of hydrogen-bond donors (Lipinski definition) is 2. The van der Waals surface area contributed by atoms with Crippen molar-refractivity contribution in [2.24, 2.45) is 28.6 Å². The summed E-state index contributed by atoms with van der Waals surface area (Å²) in [7, 11) is 0. The third-order valence-corrected chi connectivity index (χ3v) is 12.8. The van der Waals surface area contributed by atoms with E-state index in [0.29, 0.717) is 12.8 Å². The first-order chi connectivity index (χ1) is 20.6. The Morgan fingerprint density at radius 3 is 2.72 bits per heavy atom. The zero-order valence-electron chi connectivity index (χ0n) is 24.5. The summed E-state index contributed by atoms with van der Waals surface area (Å²) < 4.78 is 16.5. The lowest BCUT2D eigenvalue weighted by Crippen LogP contribution is -2.62. The smallest absolute Gasteiger partial charge is 0.171 e. The summed E-state index contributed by atoms with van der Waals surface area (Å²) in [4.78, 5) is 18.6. The fourth-order valence-electron chi connectivity index (χ4n) is 9.71.